The molecule has 0 unspecified atom stereocenters. The molecule has 118 valence electrons. The Labute approximate surface area is 146 Å². The lowest BCUT2D eigenvalue weighted by atomic mass is 10.2. The molecule has 3 nitrogen and oxygen atoms in total. The van der Waals surface area contributed by atoms with Gasteiger partial charge in [0.2, 0.25) is 0 Å². The summed E-state index contributed by atoms with van der Waals surface area (Å²) in [4.78, 5) is 1.04. The molecule has 0 amide bonds. The van der Waals surface area contributed by atoms with Crippen LogP contribution in [0.2, 0.25) is 5.02 Å². The van der Waals surface area contributed by atoms with Gasteiger partial charge in [0.25, 0.3) is 0 Å². The fourth-order valence-corrected chi connectivity index (χ4v) is 4.09. The molecule has 2 aromatic heterocycles. The first-order valence-corrected chi connectivity index (χ1v) is 9.08. The molecule has 0 bridgehead atoms. The van der Waals surface area contributed by atoms with Gasteiger partial charge >= 0.3 is 0 Å². The Bertz CT molecular complexity index is 795. The van der Waals surface area contributed by atoms with Gasteiger partial charge in [-0.1, -0.05) is 41.6 Å². The average molecular weight is 366 g/mol. The lowest BCUT2D eigenvalue weighted by Crippen LogP contribution is -2.00. The molecule has 3 rings (SSSR count). The molecule has 23 heavy (non-hydrogen) atoms. The number of hydrogen-bond donors (Lipinski definition) is 0. The summed E-state index contributed by atoms with van der Waals surface area (Å²) in [5.74, 6) is 0.880. The minimum absolute atomic E-state index is 0.307. The van der Waals surface area contributed by atoms with Gasteiger partial charge in [-0.25, -0.2) is 4.39 Å². The topological polar surface area (TPSA) is 30.7 Å². The first-order valence-electron chi connectivity index (χ1n) is 6.84. The number of thioether (sulfide) groups is 1. The smallest absolute Gasteiger partial charge is 0.192 e. The number of halogens is 2. The Morgan fingerprint density at radius 1 is 1.30 bits per heavy atom. The van der Waals surface area contributed by atoms with E-state index in [-0.39, 0.29) is 5.82 Å². The van der Waals surface area contributed by atoms with Crippen molar-refractivity contribution in [1.29, 1.82) is 0 Å². The third-order valence-electron chi connectivity index (χ3n) is 3.18. The molecule has 0 radical (unpaired) electrons. The molecule has 0 aliphatic heterocycles. The van der Waals surface area contributed by atoms with Gasteiger partial charge < -0.3 is 0 Å². The van der Waals surface area contributed by atoms with Crippen LogP contribution in [-0.4, -0.2) is 14.8 Å². The molecule has 3 aromatic rings. The van der Waals surface area contributed by atoms with Crippen LogP contribution in [0.5, 0.6) is 0 Å². The molecule has 0 atom stereocenters. The van der Waals surface area contributed by atoms with Crippen LogP contribution in [0.4, 0.5) is 4.39 Å². The maximum absolute atomic E-state index is 13.9. The third-order valence-corrected chi connectivity index (χ3v) is 5.39. The van der Waals surface area contributed by atoms with Gasteiger partial charge in [0.05, 0.1) is 4.88 Å². The standard InChI is InChI=1S/C16H13ClFN3S2/c1-2-8-21-15(14-7-4-9-22-14)19-20-16(21)23-10-11-12(17)5-3-6-13(11)18/h2-7,9H,1,8,10H2. The second-order valence-electron chi connectivity index (χ2n) is 4.67. The molecule has 0 N–H and O–H groups in total. The normalized spacial score (nSPS) is 10.9. The largest absolute Gasteiger partial charge is 0.297 e. The predicted octanol–water partition coefficient (Wildman–Crippen LogP) is 5.28. The Kier molecular flexibility index (Phi) is 5.15. The van der Waals surface area contributed by atoms with Gasteiger partial charge in [0, 0.05) is 22.9 Å². The summed E-state index contributed by atoms with van der Waals surface area (Å²) in [5, 5.41) is 11.6. The van der Waals surface area contributed by atoms with Crippen LogP contribution in [0, 0.1) is 5.82 Å². The molecule has 0 spiro atoms. The second-order valence-corrected chi connectivity index (χ2v) is 6.97. The molecule has 0 aliphatic rings. The number of rotatable bonds is 6. The van der Waals surface area contributed by atoms with E-state index in [1.807, 2.05) is 22.1 Å². The van der Waals surface area contributed by atoms with E-state index in [9.17, 15) is 4.39 Å². The van der Waals surface area contributed by atoms with Crippen LogP contribution >= 0.6 is 34.7 Å². The Balaban J connectivity index is 1.87. The lowest BCUT2D eigenvalue weighted by molar-refractivity contribution is 0.617. The van der Waals surface area contributed by atoms with Gasteiger partial charge in [-0.3, -0.25) is 4.57 Å². The number of nitrogens with zero attached hydrogens (tertiary/aromatic N) is 3. The van der Waals surface area contributed by atoms with Crippen molar-refractivity contribution in [2.75, 3.05) is 0 Å². The molecular formula is C16H13ClFN3S2. The van der Waals surface area contributed by atoms with Gasteiger partial charge in [0.15, 0.2) is 11.0 Å². The minimum atomic E-state index is -0.307. The van der Waals surface area contributed by atoms with E-state index in [0.29, 0.717) is 28.0 Å². The van der Waals surface area contributed by atoms with Crippen molar-refractivity contribution in [2.24, 2.45) is 0 Å². The fraction of sp³-hybridized carbons (Fsp3) is 0.125. The second kappa shape index (κ2) is 7.29. The lowest BCUT2D eigenvalue weighted by Gasteiger charge is -2.08. The molecular weight excluding hydrogens is 353 g/mol. The third kappa shape index (κ3) is 3.49. The van der Waals surface area contributed by atoms with E-state index < -0.39 is 0 Å². The zero-order valence-corrected chi connectivity index (χ0v) is 14.5. The van der Waals surface area contributed by atoms with Crippen LogP contribution in [0.25, 0.3) is 10.7 Å². The fourth-order valence-electron chi connectivity index (χ4n) is 2.08. The van der Waals surface area contributed by atoms with Crippen molar-refractivity contribution < 1.29 is 4.39 Å². The summed E-state index contributed by atoms with van der Waals surface area (Å²) in [6.07, 6.45) is 1.79. The zero-order valence-electron chi connectivity index (χ0n) is 12.1. The number of thiophene rings is 1. The first kappa shape index (κ1) is 16.2. The van der Waals surface area contributed by atoms with Crippen LogP contribution in [0.15, 0.2) is 53.5 Å². The Morgan fingerprint density at radius 3 is 2.87 bits per heavy atom. The summed E-state index contributed by atoms with van der Waals surface area (Å²) in [5.41, 5.74) is 0.477. The highest BCUT2D eigenvalue weighted by molar-refractivity contribution is 7.98. The summed E-state index contributed by atoms with van der Waals surface area (Å²) >= 11 is 9.08. The van der Waals surface area contributed by atoms with Crippen LogP contribution in [-0.2, 0) is 12.3 Å². The maximum Gasteiger partial charge on any atom is 0.192 e. The molecule has 0 fully saturated rings. The molecule has 0 aliphatic carbocycles. The van der Waals surface area contributed by atoms with Gasteiger partial charge in [-0.2, -0.15) is 0 Å². The van der Waals surface area contributed by atoms with E-state index in [4.69, 9.17) is 11.6 Å². The van der Waals surface area contributed by atoms with Crippen molar-refractivity contribution in [2.45, 2.75) is 17.5 Å². The number of benzene rings is 1. The number of allylic oxidation sites excluding steroid dienone is 1. The van der Waals surface area contributed by atoms with Crippen molar-refractivity contribution >= 4 is 34.7 Å². The Hall–Kier alpha value is -1.63. The number of aromatic nitrogens is 3. The summed E-state index contributed by atoms with van der Waals surface area (Å²) in [6.45, 7) is 4.37. The van der Waals surface area contributed by atoms with Crippen LogP contribution in [0.1, 0.15) is 5.56 Å². The van der Waals surface area contributed by atoms with Crippen LogP contribution < -0.4 is 0 Å². The molecule has 0 saturated carbocycles. The molecule has 0 saturated heterocycles. The molecule has 7 heteroatoms. The summed E-state index contributed by atoms with van der Waals surface area (Å²) in [7, 11) is 0. The highest BCUT2D eigenvalue weighted by Gasteiger charge is 2.16. The first-order chi connectivity index (χ1) is 11.2. The van der Waals surface area contributed by atoms with E-state index in [1.165, 1.54) is 17.8 Å². The predicted molar refractivity (Wildman–Crippen MR) is 94.5 cm³/mol. The van der Waals surface area contributed by atoms with Crippen molar-refractivity contribution in [3.05, 3.63) is 64.8 Å². The van der Waals surface area contributed by atoms with Crippen molar-refractivity contribution in [1.82, 2.24) is 14.8 Å². The SMILES string of the molecule is C=CCn1c(SCc2c(F)cccc2Cl)nnc1-c1cccs1. The maximum atomic E-state index is 13.9. The summed E-state index contributed by atoms with van der Waals surface area (Å²) in [6, 6.07) is 8.66. The van der Waals surface area contributed by atoms with Crippen molar-refractivity contribution in [3.8, 4) is 10.7 Å². The monoisotopic (exact) mass is 365 g/mol. The average Bonchev–Trinajstić information content (AvgIpc) is 3.17. The van der Waals surface area contributed by atoms with Crippen molar-refractivity contribution in [3.63, 3.8) is 0 Å². The summed E-state index contributed by atoms with van der Waals surface area (Å²) < 4.78 is 15.8. The highest BCUT2D eigenvalue weighted by Crippen LogP contribution is 2.31. The molecule has 1 aromatic carbocycles. The van der Waals surface area contributed by atoms with Gasteiger partial charge in [-0.05, 0) is 23.6 Å². The number of hydrogen-bond acceptors (Lipinski definition) is 4. The van der Waals surface area contributed by atoms with E-state index in [1.54, 1.807) is 29.5 Å². The highest BCUT2D eigenvalue weighted by atomic mass is 35.5. The molecule has 2 heterocycles. The van der Waals surface area contributed by atoms with Crippen LogP contribution in [0.3, 0.4) is 0 Å². The van der Waals surface area contributed by atoms with E-state index in [2.05, 4.69) is 16.8 Å². The van der Waals surface area contributed by atoms with E-state index >= 15 is 0 Å². The zero-order chi connectivity index (χ0) is 16.2. The van der Waals surface area contributed by atoms with E-state index in [0.717, 1.165) is 10.7 Å². The quantitative estimate of drug-likeness (QED) is 0.440. The van der Waals surface area contributed by atoms with Gasteiger partial charge in [-0.15, -0.1) is 28.1 Å². The Morgan fingerprint density at radius 2 is 2.17 bits per heavy atom. The van der Waals surface area contributed by atoms with Gasteiger partial charge in [0.1, 0.15) is 5.82 Å². The minimum Gasteiger partial charge on any atom is -0.297 e.